The number of ether oxygens (including phenoxy) is 1. The zero-order valence-electron chi connectivity index (χ0n) is 19.9. The molecular weight excluding hydrogens is 422 g/mol. The fourth-order valence-corrected chi connectivity index (χ4v) is 6.41. The molecule has 1 aromatic carbocycles. The van der Waals surface area contributed by atoms with Crippen molar-refractivity contribution in [1.82, 2.24) is 10.2 Å². The minimum atomic E-state index is -1.02. The molecule has 3 saturated heterocycles. The maximum Gasteiger partial charge on any atom is 0.250 e. The van der Waals surface area contributed by atoms with Gasteiger partial charge in [-0.2, -0.15) is 0 Å². The van der Waals surface area contributed by atoms with Crippen LogP contribution in [-0.2, 0) is 19.1 Å². The van der Waals surface area contributed by atoms with Crippen molar-refractivity contribution in [3.63, 3.8) is 0 Å². The summed E-state index contributed by atoms with van der Waals surface area (Å²) in [7, 11) is 1.58. The first-order chi connectivity index (χ1) is 15.8. The van der Waals surface area contributed by atoms with E-state index in [0.29, 0.717) is 38.6 Å². The van der Waals surface area contributed by atoms with E-state index in [2.05, 4.69) is 10.6 Å². The molecule has 3 heterocycles. The van der Waals surface area contributed by atoms with Crippen molar-refractivity contribution < 1.29 is 24.2 Å². The molecule has 1 spiro atoms. The first-order valence-electron chi connectivity index (χ1n) is 12.0. The number of hydrogen-bond acceptors (Lipinski definition) is 5. The molecule has 2 unspecified atom stereocenters. The van der Waals surface area contributed by atoms with Gasteiger partial charge in [-0.05, 0) is 57.1 Å². The minimum absolute atomic E-state index is 0.0200. The van der Waals surface area contributed by atoms with Crippen molar-refractivity contribution in [1.29, 1.82) is 0 Å². The highest BCUT2D eigenvalue weighted by atomic mass is 16.5. The Labute approximate surface area is 195 Å². The highest BCUT2D eigenvalue weighted by Crippen LogP contribution is 2.64. The van der Waals surface area contributed by atoms with Crippen LogP contribution in [0.3, 0.4) is 0 Å². The van der Waals surface area contributed by atoms with Crippen molar-refractivity contribution in [3.8, 4) is 0 Å². The molecule has 3 amide bonds. The number of aliphatic hydroxyl groups excluding tert-OH is 1. The van der Waals surface area contributed by atoms with E-state index in [1.165, 1.54) is 0 Å². The lowest BCUT2D eigenvalue weighted by Gasteiger charge is -2.34. The summed E-state index contributed by atoms with van der Waals surface area (Å²) < 4.78 is 6.66. The molecule has 1 aromatic rings. The smallest absolute Gasteiger partial charge is 0.250 e. The number of nitrogens with one attached hydrogen (secondary N) is 2. The highest BCUT2D eigenvalue weighted by Gasteiger charge is 2.78. The van der Waals surface area contributed by atoms with Crippen LogP contribution in [0.15, 0.2) is 18.2 Å². The maximum atomic E-state index is 13.8. The van der Waals surface area contributed by atoms with Gasteiger partial charge in [0.05, 0.1) is 17.4 Å². The van der Waals surface area contributed by atoms with Gasteiger partial charge in [-0.25, -0.2) is 0 Å². The zero-order valence-corrected chi connectivity index (χ0v) is 19.9. The van der Waals surface area contributed by atoms with Gasteiger partial charge in [-0.3, -0.25) is 14.4 Å². The number of carbonyl (C=O) groups is 3. The van der Waals surface area contributed by atoms with Gasteiger partial charge in [0.2, 0.25) is 17.7 Å². The molecule has 3 N–H and O–H groups in total. The Hall–Kier alpha value is -2.45. The van der Waals surface area contributed by atoms with Crippen LogP contribution in [0, 0.1) is 25.7 Å². The zero-order chi connectivity index (χ0) is 24.0. The lowest BCUT2D eigenvalue weighted by Crippen LogP contribution is -2.53. The van der Waals surface area contributed by atoms with Gasteiger partial charge in [-0.1, -0.05) is 25.1 Å². The third-order valence-corrected chi connectivity index (χ3v) is 7.99. The lowest BCUT2D eigenvalue weighted by molar-refractivity contribution is -0.145. The number of likely N-dealkylation sites (tertiary alicyclic amines) is 1. The number of aryl methyl sites for hydroxylation is 2. The van der Waals surface area contributed by atoms with E-state index >= 15 is 0 Å². The van der Waals surface area contributed by atoms with Crippen LogP contribution >= 0.6 is 0 Å². The Bertz CT molecular complexity index is 945. The fourth-order valence-electron chi connectivity index (χ4n) is 6.41. The highest BCUT2D eigenvalue weighted by molar-refractivity contribution is 6.04. The molecule has 4 rings (SSSR count). The minimum Gasteiger partial charge on any atom is -0.396 e. The molecule has 0 aliphatic carbocycles. The number of carbonyl (C=O) groups excluding carboxylic acids is 3. The van der Waals surface area contributed by atoms with E-state index in [-0.39, 0.29) is 24.3 Å². The summed E-state index contributed by atoms with van der Waals surface area (Å²) in [5, 5.41) is 15.1. The predicted octanol–water partition coefficient (Wildman–Crippen LogP) is 1.92. The SMILES string of the molecule is CC[C@]12CCC3(O1)C(C(=O)Nc1c(C)cccc1C)N(CCCCO)C(=O)[C@@H]3[C@H]2C(=O)NC. The number of benzene rings is 1. The first-order valence-corrected chi connectivity index (χ1v) is 12.0. The van der Waals surface area contributed by atoms with Crippen LogP contribution in [-0.4, -0.2) is 65.2 Å². The van der Waals surface area contributed by atoms with E-state index in [1.807, 2.05) is 39.0 Å². The van der Waals surface area contributed by atoms with Crippen molar-refractivity contribution in [2.75, 3.05) is 25.5 Å². The molecule has 33 heavy (non-hydrogen) atoms. The molecule has 3 aliphatic rings. The van der Waals surface area contributed by atoms with Gasteiger partial charge in [0.15, 0.2) is 0 Å². The molecule has 0 saturated carbocycles. The second-order valence-corrected chi connectivity index (χ2v) is 9.67. The van der Waals surface area contributed by atoms with E-state index in [1.54, 1.807) is 11.9 Å². The molecule has 8 nitrogen and oxygen atoms in total. The van der Waals surface area contributed by atoms with Crippen molar-refractivity contribution in [2.24, 2.45) is 11.8 Å². The summed E-state index contributed by atoms with van der Waals surface area (Å²) in [6.07, 6.45) is 2.91. The summed E-state index contributed by atoms with van der Waals surface area (Å²) in [5.74, 6) is -1.99. The summed E-state index contributed by atoms with van der Waals surface area (Å²) in [5.41, 5.74) is 0.876. The molecule has 3 aliphatic heterocycles. The van der Waals surface area contributed by atoms with Gasteiger partial charge in [0.1, 0.15) is 11.6 Å². The average molecular weight is 458 g/mol. The van der Waals surface area contributed by atoms with E-state index in [4.69, 9.17) is 4.74 Å². The standard InChI is InChI=1S/C25H35N3O5/c1-5-24-11-12-25(33-24)18(17(24)21(30)26-4)23(32)28(13-6-7-14-29)20(25)22(31)27-19-15(2)9-8-10-16(19)3/h8-10,17-18,20,29H,5-7,11-14H2,1-4H3,(H,26,30)(H,27,31)/t17-,18-,20?,24+,25?/m0/s1. The quantitative estimate of drug-likeness (QED) is 0.517. The number of amides is 3. The molecule has 8 heteroatoms. The summed E-state index contributed by atoms with van der Waals surface area (Å²) in [6, 6.07) is 4.99. The second kappa shape index (κ2) is 8.72. The third-order valence-electron chi connectivity index (χ3n) is 7.99. The van der Waals surface area contributed by atoms with Crippen molar-refractivity contribution in [2.45, 2.75) is 70.1 Å². The van der Waals surface area contributed by atoms with Crippen LogP contribution in [0.5, 0.6) is 0 Å². The van der Waals surface area contributed by atoms with Crippen LogP contribution in [0.4, 0.5) is 5.69 Å². The molecule has 0 radical (unpaired) electrons. The summed E-state index contributed by atoms with van der Waals surface area (Å²) in [6.45, 7) is 6.21. The monoisotopic (exact) mass is 457 g/mol. The normalized spacial score (nSPS) is 32.2. The van der Waals surface area contributed by atoms with Crippen LogP contribution < -0.4 is 10.6 Å². The Balaban J connectivity index is 1.75. The Morgan fingerprint density at radius 1 is 1.18 bits per heavy atom. The fraction of sp³-hybridized carbons (Fsp3) is 0.640. The van der Waals surface area contributed by atoms with Crippen molar-refractivity contribution in [3.05, 3.63) is 29.3 Å². The van der Waals surface area contributed by atoms with E-state index in [0.717, 1.165) is 16.8 Å². The van der Waals surface area contributed by atoms with Gasteiger partial charge in [0.25, 0.3) is 0 Å². The summed E-state index contributed by atoms with van der Waals surface area (Å²) in [4.78, 5) is 42.2. The number of para-hydroxylation sites is 1. The Morgan fingerprint density at radius 2 is 1.88 bits per heavy atom. The van der Waals surface area contributed by atoms with Gasteiger partial charge >= 0.3 is 0 Å². The van der Waals surface area contributed by atoms with Gasteiger partial charge in [0, 0.05) is 25.9 Å². The van der Waals surface area contributed by atoms with Gasteiger partial charge < -0.3 is 25.4 Å². The lowest BCUT2D eigenvalue weighted by atomic mass is 9.65. The molecule has 180 valence electrons. The van der Waals surface area contributed by atoms with Crippen LogP contribution in [0.25, 0.3) is 0 Å². The number of hydrogen-bond donors (Lipinski definition) is 3. The molecule has 0 aromatic heterocycles. The Kier molecular flexibility index (Phi) is 6.26. The first kappa shape index (κ1) is 23.7. The molecular formula is C25H35N3O5. The average Bonchev–Trinajstić information content (AvgIpc) is 3.40. The van der Waals surface area contributed by atoms with E-state index < -0.39 is 29.1 Å². The van der Waals surface area contributed by atoms with E-state index in [9.17, 15) is 19.5 Å². The number of aliphatic hydroxyl groups is 1. The van der Waals surface area contributed by atoms with Crippen LogP contribution in [0.1, 0.15) is 50.2 Å². The largest absolute Gasteiger partial charge is 0.396 e. The topological polar surface area (TPSA) is 108 Å². The Morgan fingerprint density at radius 3 is 2.48 bits per heavy atom. The van der Waals surface area contributed by atoms with Crippen molar-refractivity contribution >= 4 is 23.4 Å². The third kappa shape index (κ3) is 3.46. The molecule has 2 bridgehead atoms. The number of anilines is 1. The number of rotatable bonds is 8. The number of nitrogens with zero attached hydrogens (tertiary/aromatic N) is 1. The number of unbranched alkanes of at least 4 members (excludes halogenated alkanes) is 1. The molecule has 3 fully saturated rings. The summed E-state index contributed by atoms with van der Waals surface area (Å²) >= 11 is 0. The van der Waals surface area contributed by atoms with Crippen LogP contribution in [0.2, 0.25) is 0 Å². The number of fused-ring (bicyclic) bond motifs is 1. The maximum absolute atomic E-state index is 13.8. The predicted molar refractivity (Wildman–Crippen MR) is 123 cm³/mol. The molecule has 5 atom stereocenters. The van der Waals surface area contributed by atoms with Gasteiger partial charge in [-0.15, -0.1) is 0 Å². The second-order valence-electron chi connectivity index (χ2n) is 9.67.